The van der Waals surface area contributed by atoms with Crippen LogP contribution in [0.1, 0.15) is 32.4 Å². The second kappa shape index (κ2) is 8.66. The van der Waals surface area contributed by atoms with E-state index in [2.05, 4.69) is 0 Å². The van der Waals surface area contributed by atoms with Crippen LogP contribution in [0.2, 0.25) is 0 Å². The van der Waals surface area contributed by atoms with Gasteiger partial charge in [-0.1, -0.05) is 12.1 Å². The third-order valence-electron chi connectivity index (χ3n) is 3.81. The van der Waals surface area contributed by atoms with E-state index in [1.165, 1.54) is 20.8 Å². The SMILES string of the molecule is COc1ccc(C2O[C@H](COC(C)=O)[C@@H](OC(C)=O)[C@H]2OC(C)=O)cc1. The summed E-state index contributed by atoms with van der Waals surface area (Å²) in [4.78, 5) is 34.2. The van der Waals surface area contributed by atoms with Gasteiger partial charge in [0, 0.05) is 20.8 Å². The van der Waals surface area contributed by atoms with Crippen molar-refractivity contribution in [1.82, 2.24) is 0 Å². The third-order valence-corrected chi connectivity index (χ3v) is 3.81. The molecule has 26 heavy (non-hydrogen) atoms. The molecule has 1 aromatic carbocycles. The maximum atomic E-state index is 11.6. The van der Waals surface area contributed by atoms with E-state index in [9.17, 15) is 14.4 Å². The molecule has 1 aliphatic heterocycles. The van der Waals surface area contributed by atoms with Crippen molar-refractivity contribution >= 4 is 17.9 Å². The van der Waals surface area contributed by atoms with Gasteiger partial charge in [-0.15, -0.1) is 0 Å². The zero-order valence-electron chi connectivity index (χ0n) is 15.1. The number of esters is 3. The molecule has 8 heteroatoms. The van der Waals surface area contributed by atoms with Crippen LogP contribution in [0.3, 0.4) is 0 Å². The smallest absolute Gasteiger partial charge is 0.303 e. The van der Waals surface area contributed by atoms with Crippen LogP contribution in [-0.4, -0.2) is 49.9 Å². The minimum atomic E-state index is -0.900. The number of methoxy groups -OCH3 is 1. The van der Waals surface area contributed by atoms with E-state index in [-0.39, 0.29) is 6.61 Å². The molecular weight excluding hydrogens is 344 g/mol. The molecule has 0 aliphatic carbocycles. The molecule has 0 amide bonds. The van der Waals surface area contributed by atoms with Gasteiger partial charge < -0.3 is 23.7 Å². The van der Waals surface area contributed by atoms with Gasteiger partial charge in [-0.05, 0) is 17.7 Å². The van der Waals surface area contributed by atoms with Crippen molar-refractivity contribution in [2.24, 2.45) is 0 Å². The average molecular weight is 366 g/mol. The quantitative estimate of drug-likeness (QED) is 0.553. The van der Waals surface area contributed by atoms with Crippen LogP contribution in [0.4, 0.5) is 0 Å². The van der Waals surface area contributed by atoms with E-state index in [1.807, 2.05) is 0 Å². The summed E-state index contributed by atoms with van der Waals surface area (Å²) in [7, 11) is 1.55. The molecule has 1 aromatic rings. The number of carbonyl (C=O) groups excluding carboxylic acids is 3. The lowest BCUT2D eigenvalue weighted by atomic mass is 10.0. The van der Waals surface area contributed by atoms with Gasteiger partial charge in [-0.25, -0.2) is 0 Å². The Morgan fingerprint density at radius 1 is 0.923 bits per heavy atom. The first-order valence-electron chi connectivity index (χ1n) is 8.09. The molecule has 0 radical (unpaired) electrons. The Labute approximate surface area is 151 Å². The molecule has 4 atom stereocenters. The van der Waals surface area contributed by atoms with E-state index in [0.717, 1.165) is 0 Å². The monoisotopic (exact) mass is 366 g/mol. The topological polar surface area (TPSA) is 97.4 Å². The Morgan fingerprint density at radius 2 is 1.50 bits per heavy atom. The molecule has 1 unspecified atom stereocenters. The number of hydrogen-bond donors (Lipinski definition) is 0. The molecule has 1 saturated heterocycles. The first-order valence-corrected chi connectivity index (χ1v) is 8.09. The van der Waals surface area contributed by atoms with Crippen LogP contribution in [0, 0.1) is 0 Å². The summed E-state index contributed by atoms with van der Waals surface area (Å²) in [5, 5.41) is 0. The van der Waals surface area contributed by atoms with Gasteiger partial charge in [0.15, 0.2) is 12.2 Å². The fourth-order valence-corrected chi connectivity index (χ4v) is 2.78. The fraction of sp³-hybridized carbons (Fsp3) is 0.500. The summed E-state index contributed by atoms with van der Waals surface area (Å²) in [6.07, 6.45) is -3.22. The standard InChI is InChI=1S/C18H22O8/c1-10(19)23-9-15-17(24-11(2)20)18(25-12(3)21)16(26-15)13-5-7-14(22-4)8-6-13/h5-8,15-18H,9H2,1-4H3/t15-,16?,17-,18+/m1/s1. The highest BCUT2D eigenvalue weighted by Crippen LogP contribution is 2.38. The zero-order valence-corrected chi connectivity index (χ0v) is 15.1. The second-order valence-corrected chi connectivity index (χ2v) is 5.82. The second-order valence-electron chi connectivity index (χ2n) is 5.82. The first kappa shape index (κ1) is 19.7. The molecule has 0 spiro atoms. The highest BCUT2D eigenvalue weighted by molar-refractivity contribution is 5.68. The molecule has 0 N–H and O–H groups in total. The summed E-state index contributed by atoms with van der Waals surface area (Å²) >= 11 is 0. The predicted octanol–water partition coefficient (Wildman–Crippen LogP) is 1.56. The summed E-state index contributed by atoms with van der Waals surface area (Å²) in [6, 6.07) is 7.01. The van der Waals surface area contributed by atoms with Gasteiger partial charge in [-0.2, -0.15) is 0 Å². The van der Waals surface area contributed by atoms with Crippen LogP contribution >= 0.6 is 0 Å². The number of carbonyl (C=O) groups is 3. The Balaban J connectivity index is 2.31. The van der Waals surface area contributed by atoms with Crippen molar-refractivity contribution in [3.05, 3.63) is 29.8 Å². The zero-order chi connectivity index (χ0) is 19.3. The Bertz CT molecular complexity index is 654. The van der Waals surface area contributed by atoms with Crippen LogP contribution in [0.5, 0.6) is 5.75 Å². The van der Waals surface area contributed by atoms with E-state index < -0.39 is 42.3 Å². The summed E-state index contributed by atoms with van der Waals surface area (Å²) in [6.45, 7) is 3.64. The number of benzene rings is 1. The van der Waals surface area contributed by atoms with E-state index >= 15 is 0 Å². The van der Waals surface area contributed by atoms with E-state index in [4.69, 9.17) is 23.7 Å². The molecular formula is C18H22O8. The Kier molecular flexibility index (Phi) is 6.57. The Hall–Kier alpha value is -2.61. The van der Waals surface area contributed by atoms with Crippen molar-refractivity contribution in [3.8, 4) is 5.75 Å². The fourth-order valence-electron chi connectivity index (χ4n) is 2.78. The normalized spacial score (nSPS) is 24.6. The van der Waals surface area contributed by atoms with Crippen LogP contribution in [0.25, 0.3) is 0 Å². The summed E-state index contributed by atoms with van der Waals surface area (Å²) in [5.74, 6) is -0.933. The van der Waals surface area contributed by atoms with Gasteiger partial charge >= 0.3 is 17.9 Å². The average Bonchev–Trinajstić information content (AvgIpc) is 2.89. The summed E-state index contributed by atoms with van der Waals surface area (Å²) in [5.41, 5.74) is 0.708. The van der Waals surface area contributed by atoms with Gasteiger partial charge in [-0.3, -0.25) is 14.4 Å². The largest absolute Gasteiger partial charge is 0.497 e. The third kappa shape index (κ3) is 4.95. The molecule has 142 valence electrons. The van der Waals surface area contributed by atoms with Gasteiger partial charge in [0.2, 0.25) is 0 Å². The number of hydrogen-bond acceptors (Lipinski definition) is 8. The van der Waals surface area contributed by atoms with Gasteiger partial charge in [0.1, 0.15) is 24.6 Å². The molecule has 1 aliphatic rings. The molecule has 1 fully saturated rings. The molecule has 1 heterocycles. The van der Waals surface area contributed by atoms with Crippen molar-refractivity contribution in [1.29, 1.82) is 0 Å². The Morgan fingerprint density at radius 3 is 2.00 bits per heavy atom. The minimum absolute atomic E-state index is 0.127. The molecule has 8 nitrogen and oxygen atoms in total. The maximum absolute atomic E-state index is 11.6. The lowest BCUT2D eigenvalue weighted by Gasteiger charge is -2.23. The van der Waals surface area contributed by atoms with Crippen LogP contribution in [-0.2, 0) is 33.3 Å². The van der Waals surface area contributed by atoms with Crippen molar-refractivity contribution < 1.29 is 38.1 Å². The lowest BCUT2D eigenvalue weighted by Crippen LogP contribution is -2.40. The molecule has 0 saturated carbocycles. The molecule has 0 bridgehead atoms. The van der Waals surface area contributed by atoms with E-state index in [0.29, 0.717) is 11.3 Å². The van der Waals surface area contributed by atoms with Crippen LogP contribution in [0.15, 0.2) is 24.3 Å². The van der Waals surface area contributed by atoms with Crippen LogP contribution < -0.4 is 4.74 Å². The maximum Gasteiger partial charge on any atom is 0.303 e. The van der Waals surface area contributed by atoms with E-state index in [1.54, 1.807) is 31.4 Å². The van der Waals surface area contributed by atoms with Gasteiger partial charge in [0.25, 0.3) is 0 Å². The van der Waals surface area contributed by atoms with Crippen molar-refractivity contribution in [2.45, 2.75) is 45.2 Å². The number of rotatable bonds is 6. The van der Waals surface area contributed by atoms with Crippen molar-refractivity contribution in [2.75, 3.05) is 13.7 Å². The predicted molar refractivity (Wildman–Crippen MR) is 88.3 cm³/mol. The van der Waals surface area contributed by atoms with Crippen molar-refractivity contribution in [3.63, 3.8) is 0 Å². The van der Waals surface area contributed by atoms with Gasteiger partial charge in [0.05, 0.1) is 7.11 Å². The minimum Gasteiger partial charge on any atom is -0.497 e. The molecule has 2 rings (SSSR count). The first-order chi connectivity index (χ1) is 12.3. The number of ether oxygens (including phenoxy) is 5. The molecule has 0 aromatic heterocycles. The highest BCUT2D eigenvalue weighted by atomic mass is 16.6. The summed E-state index contributed by atoms with van der Waals surface area (Å²) < 4.78 is 26.7. The highest BCUT2D eigenvalue weighted by Gasteiger charge is 2.50. The lowest BCUT2D eigenvalue weighted by molar-refractivity contribution is -0.165.